The van der Waals surface area contributed by atoms with Crippen molar-refractivity contribution in [2.24, 2.45) is 7.05 Å². The average molecular weight is 399 g/mol. The monoisotopic (exact) mass is 399 g/mol. The smallest absolute Gasteiger partial charge is 0.254 e. The molecule has 29 heavy (non-hydrogen) atoms. The van der Waals surface area contributed by atoms with Crippen molar-refractivity contribution < 1.29 is 19.2 Å². The van der Waals surface area contributed by atoms with Crippen LogP contribution in [0.15, 0.2) is 18.5 Å². The summed E-state index contributed by atoms with van der Waals surface area (Å²) in [5.41, 5.74) is 1.94. The van der Waals surface area contributed by atoms with Crippen LogP contribution in [0, 0.1) is 0 Å². The fourth-order valence-corrected chi connectivity index (χ4v) is 3.37. The highest BCUT2D eigenvalue weighted by atomic mass is 16.2. The second-order valence-electron chi connectivity index (χ2n) is 7.23. The Kier molecular flexibility index (Phi) is 6.26. The van der Waals surface area contributed by atoms with Gasteiger partial charge in [0.05, 0.1) is 22.9 Å². The van der Waals surface area contributed by atoms with E-state index in [2.05, 4.69) is 27.9 Å². The van der Waals surface area contributed by atoms with E-state index < -0.39 is 17.9 Å². The number of rotatable bonds is 7. The molecule has 0 spiro atoms. The molecule has 1 aromatic carbocycles. The van der Waals surface area contributed by atoms with Gasteiger partial charge in [0, 0.05) is 25.6 Å². The van der Waals surface area contributed by atoms with Crippen LogP contribution in [0.25, 0.3) is 11.0 Å². The third kappa shape index (κ3) is 4.79. The maximum Gasteiger partial charge on any atom is 0.254 e. The first-order chi connectivity index (χ1) is 13.9. The van der Waals surface area contributed by atoms with E-state index in [0.717, 1.165) is 19.3 Å². The Labute approximate surface area is 168 Å². The maximum absolute atomic E-state index is 12.9. The van der Waals surface area contributed by atoms with Crippen LogP contribution < -0.4 is 16.0 Å². The number of anilines is 1. The molecule has 0 bridgehead atoms. The number of hydrogen-bond donors (Lipinski definition) is 3. The number of carbonyl (C=O) groups is 4. The molecule has 1 atom stereocenters. The van der Waals surface area contributed by atoms with Crippen molar-refractivity contribution in [3.05, 3.63) is 24.0 Å². The molecule has 3 N–H and O–H groups in total. The van der Waals surface area contributed by atoms with Gasteiger partial charge in [0.2, 0.25) is 17.7 Å². The second-order valence-corrected chi connectivity index (χ2v) is 7.23. The van der Waals surface area contributed by atoms with Crippen LogP contribution in [0.1, 0.15) is 55.8 Å². The summed E-state index contributed by atoms with van der Waals surface area (Å²) in [4.78, 5) is 52.7. The molecule has 0 radical (unpaired) electrons. The minimum atomic E-state index is -0.782. The Morgan fingerprint density at radius 3 is 2.79 bits per heavy atom. The van der Waals surface area contributed by atoms with E-state index in [1.54, 1.807) is 30.1 Å². The van der Waals surface area contributed by atoms with E-state index >= 15 is 0 Å². The number of imidazole rings is 1. The first-order valence-corrected chi connectivity index (χ1v) is 9.78. The molecule has 0 aliphatic carbocycles. The van der Waals surface area contributed by atoms with Gasteiger partial charge in [-0.3, -0.25) is 24.5 Å². The van der Waals surface area contributed by atoms with Gasteiger partial charge in [0.1, 0.15) is 6.04 Å². The maximum atomic E-state index is 12.9. The van der Waals surface area contributed by atoms with Gasteiger partial charge in [-0.15, -0.1) is 0 Å². The van der Waals surface area contributed by atoms with Crippen LogP contribution in [0.3, 0.4) is 0 Å². The molecule has 9 heteroatoms. The highest BCUT2D eigenvalue weighted by molar-refractivity contribution is 6.09. The van der Waals surface area contributed by atoms with Gasteiger partial charge >= 0.3 is 0 Å². The number of piperidine rings is 1. The molecule has 154 valence electrons. The Balaban J connectivity index is 1.82. The second kappa shape index (κ2) is 8.85. The predicted molar refractivity (Wildman–Crippen MR) is 107 cm³/mol. The van der Waals surface area contributed by atoms with Crippen molar-refractivity contribution in [3.63, 3.8) is 0 Å². The van der Waals surface area contributed by atoms with Crippen molar-refractivity contribution in [3.8, 4) is 0 Å². The Morgan fingerprint density at radius 1 is 1.28 bits per heavy atom. The highest BCUT2D eigenvalue weighted by Crippen LogP contribution is 2.24. The average Bonchev–Trinajstić information content (AvgIpc) is 3.04. The number of nitrogens with one attached hydrogen (secondary N) is 3. The minimum Gasteiger partial charge on any atom is -0.340 e. The zero-order chi connectivity index (χ0) is 21.0. The molecule has 0 saturated carbocycles. The molecule has 3 rings (SSSR count). The van der Waals surface area contributed by atoms with E-state index in [0.29, 0.717) is 28.7 Å². The van der Waals surface area contributed by atoms with E-state index in [9.17, 15) is 19.2 Å². The van der Waals surface area contributed by atoms with Gasteiger partial charge in [0.25, 0.3) is 5.91 Å². The van der Waals surface area contributed by atoms with Crippen molar-refractivity contribution in [2.45, 2.75) is 51.5 Å². The van der Waals surface area contributed by atoms with Crippen LogP contribution in [-0.4, -0.2) is 39.2 Å². The van der Waals surface area contributed by atoms with Gasteiger partial charge in [-0.25, -0.2) is 4.98 Å². The van der Waals surface area contributed by atoms with Gasteiger partial charge in [0.15, 0.2) is 0 Å². The summed E-state index contributed by atoms with van der Waals surface area (Å²) in [5, 5.41) is 7.73. The number of hydrogen-bond acceptors (Lipinski definition) is 5. The Hall–Kier alpha value is -3.23. The molecule has 2 aromatic rings. The first kappa shape index (κ1) is 20.5. The minimum absolute atomic E-state index is 0.120. The SMILES string of the molecule is CCCCCC(=O)Nc1cc(C(=O)NC2CCC(=O)NC2=O)c2c(c1)ncn2C. The number of benzene rings is 1. The number of unbranched alkanes of at least 4 members (excludes halogenated alkanes) is 2. The molecule has 9 nitrogen and oxygen atoms in total. The van der Waals surface area contributed by atoms with E-state index in [1.807, 2.05) is 0 Å². The van der Waals surface area contributed by atoms with Crippen molar-refractivity contribution in [2.75, 3.05) is 5.32 Å². The van der Waals surface area contributed by atoms with E-state index in [4.69, 9.17) is 0 Å². The van der Waals surface area contributed by atoms with Gasteiger partial charge < -0.3 is 15.2 Å². The molecular weight excluding hydrogens is 374 g/mol. The zero-order valence-corrected chi connectivity index (χ0v) is 16.6. The Morgan fingerprint density at radius 2 is 2.07 bits per heavy atom. The normalized spacial score (nSPS) is 16.6. The number of amides is 4. The lowest BCUT2D eigenvalue weighted by atomic mass is 10.0. The fraction of sp³-hybridized carbons (Fsp3) is 0.450. The lowest BCUT2D eigenvalue weighted by molar-refractivity contribution is -0.134. The Bertz CT molecular complexity index is 965. The predicted octanol–water partition coefficient (Wildman–Crippen LogP) is 1.63. The van der Waals surface area contributed by atoms with Crippen molar-refractivity contribution in [1.82, 2.24) is 20.2 Å². The molecule has 4 amide bonds. The molecule has 1 aliphatic rings. The summed E-state index contributed by atoms with van der Waals surface area (Å²) >= 11 is 0. The summed E-state index contributed by atoms with van der Waals surface area (Å²) < 4.78 is 1.71. The fourth-order valence-electron chi connectivity index (χ4n) is 3.37. The van der Waals surface area contributed by atoms with Crippen LogP contribution in [0.4, 0.5) is 5.69 Å². The molecular formula is C20H25N5O4. The number of carbonyl (C=O) groups excluding carboxylic acids is 4. The summed E-state index contributed by atoms with van der Waals surface area (Å²) in [6, 6.07) is 2.52. The molecule has 1 aromatic heterocycles. The number of fused-ring (bicyclic) bond motifs is 1. The van der Waals surface area contributed by atoms with E-state index in [1.165, 1.54) is 0 Å². The van der Waals surface area contributed by atoms with Crippen LogP contribution >= 0.6 is 0 Å². The lowest BCUT2D eigenvalue weighted by Crippen LogP contribution is -2.52. The summed E-state index contributed by atoms with van der Waals surface area (Å²) in [5.74, 6) is -1.45. The largest absolute Gasteiger partial charge is 0.340 e. The number of imide groups is 1. The first-order valence-electron chi connectivity index (χ1n) is 9.78. The van der Waals surface area contributed by atoms with Crippen LogP contribution in [0.2, 0.25) is 0 Å². The standard InChI is InChI=1S/C20H25N5O4/c1-3-4-5-6-16(26)22-12-9-13(18-15(10-12)21-11-25(18)2)19(28)23-14-7-8-17(27)24-20(14)29/h9-11,14H,3-8H2,1-2H3,(H,22,26)(H,23,28)(H,24,27,29). The van der Waals surface area contributed by atoms with Gasteiger partial charge in [-0.05, 0) is 25.0 Å². The molecule has 1 unspecified atom stereocenters. The highest BCUT2D eigenvalue weighted by Gasteiger charge is 2.29. The third-order valence-electron chi connectivity index (χ3n) is 4.89. The number of aryl methyl sites for hydroxylation is 1. The summed E-state index contributed by atoms with van der Waals surface area (Å²) in [6.45, 7) is 2.07. The molecule has 1 fully saturated rings. The summed E-state index contributed by atoms with van der Waals surface area (Å²) in [6.07, 6.45) is 5.22. The third-order valence-corrected chi connectivity index (χ3v) is 4.89. The summed E-state index contributed by atoms with van der Waals surface area (Å²) in [7, 11) is 1.76. The van der Waals surface area contributed by atoms with Crippen LogP contribution in [-0.2, 0) is 21.4 Å². The number of nitrogens with zero attached hydrogens (tertiary/aromatic N) is 2. The van der Waals surface area contributed by atoms with E-state index in [-0.39, 0.29) is 24.7 Å². The molecule has 1 saturated heterocycles. The van der Waals surface area contributed by atoms with Gasteiger partial charge in [-0.1, -0.05) is 19.8 Å². The zero-order valence-electron chi connectivity index (χ0n) is 16.6. The van der Waals surface area contributed by atoms with Crippen LogP contribution in [0.5, 0.6) is 0 Å². The molecule has 1 aliphatic heterocycles. The quantitative estimate of drug-likeness (QED) is 0.482. The van der Waals surface area contributed by atoms with Crippen molar-refractivity contribution >= 4 is 40.3 Å². The number of aromatic nitrogens is 2. The lowest BCUT2D eigenvalue weighted by Gasteiger charge is -2.22. The topological polar surface area (TPSA) is 122 Å². The van der Waals surface area contributed by atoms with Crippen molar-refractivity contribution in [1.29, 1.82) is 0 Å². The molecule has 2 heterocycles. The van der Waals surface area contributed by atoms with Gasteiger partial charge in [-0.2, -0.15) is 0 Å².